The van der Waals surface area contributed by atoms with E-state index in [9.17, 15) is 9.18 Å². The van der Waals surface area contributed by atoms with E-state index in [4.69, 9.17) is 0 Å². The Morgan fingerprint density at radius 2 is 2.44 bits per heavy atom. The lowest BCUT2D eigenvalue weighted by molar-refractivity contribution is -0.116. The number of carbonyl (C=O) groups is 1. The summed E-state index contributed by atoms with van der Waals surface area (Å²) in [6.45, 7) is 2.72. The van der Waals surface area contributed by atoms with Gasteiger partial charge in [0.25, 0.3) is 0 Å². The molecule has 0 aromatic heterocycles. The van der Waals surface area contributed by atoms with E-state index in [2.05, 4.69) is 10.6 Å². The number of aryl methyl sites for hydroxylation is 1. The van der Waals surface area contributed by atoms with Crippen LogP contribution in [0.5, 0.6) is 0 Å². The Morgan fingerprint density at radius 1 is 1.61 bits per heavy atom. The molecule has 5 heteroatoms. The molecule has 3 nitrogen and oxygen atoms in total. The summed E-state index contributed by atoms with van der Waals surface area (Å²) >= 11 is 1.84. The monoisotopic (exact) mass is 268 g/mol. The van der Waals surface area contributed by atoms with E-state index in [1.165, 1.54) is 6.07 Å². The number of nitrogens with one attached hydrogen (secondary N) is 2. The van der Waals surface area contributed by atoms with Crippen LogP contribution in [-0.2, 0) is 4.79 Å². The van der Waals surface area contributed by atoms with Crippen molar-refractivity contribution in [2.45, 2.75) is 19.4 Å². The minimum atomic E-state index is -0.380. The fraction of sp³-hybridized carbons (Fsp3) is 0.462. The number of amides is 1. The van der Waals surface area contributed by atoms with Crippen molar-refractivity contribution < 1.29 is 9.18 Å². The molecule has 18 heavy (non-hydrogen) atoms. The Bertz CT molecular complexity index is 413. The lowest BCUT2D eigenvalue weighted by Gasteiger charge is -2.22. The summed E-state index contributed by atoms with van der Waals surface area (Å²) < 4.78 is 13.6. The first-order chi connectivity index (χ1) is 8.66. The normalized spacial score (nSPS) is 19.6. The first-order valence-electron chi connectivity index (χ1n) is 6.03. The van der Waals surface area contributed by atoms with Gasteiger partial charge in [0.05, 0.1) is 5.69 Å². The predicted octanol–water partition coefficient (Wildman–Crippen LogP) is 2.17. The largest absolute Gasteiger partial charge is 0.323 e. The summed E-state index contributed by atoms with van der Waals surface area (Å²) in [7, 11) is 0. The van der Waals surface area contributed by atoms with Gasteiger partial charge in [0.1, 0.15) is 5.82 Å². The van der Waals surface area contributed by atoms with Crippen LogP contribution in [0.2, 0.25) is 0 Å². The Hall–Kier alpha value is -1.07. The van der Waals surface area contributed by atoms with Gasteiger partial charge in [-0.2, -0.15) is 11.8 Å². The van der Waals surface area contributed by atoms with Crippen LogP contribution in [-0.4, -0.2) is 30.0 Å². The molecule has 1 aromatic carbocycles. The van der Waals surface area contributed by atoms with Crippen molar-refractivity contribution in [3.8, 4) is 0 Å². The van der Waals surface area contributed by atoms with Crippen LogP contribution in [0.4, 0.5) is 10.1 Å². The van der Waals surface area contributed by atoms with Gasteiger partial charge in [-0.3, -0.25) is 4.79 Å². The second-order valence-electron chi connectivity index (χ2n) is 4.41. The van der Waals surface area contributed by atoms with Crippen LogP contribution >= 0.6 is 11.8 Å². The number of rotatable bonds is 3. The van der Waals surface area contributed by atoms with Crippen molar-refractivity contribution in [3.05, 3.63) is 29.6 Å². The van der Waals surface area contributed by atoms with Crippen molar-refractivity contribution in [2.75, 3.05) is 23.4 Å². The average Bonchev–Trinajstić information content (AvgIpc) is 2.35. The summed E-state index contributed by atoms with van der Waals surface area (Å²) in [4.78, 5) is 11.9. The molecule has 98 valence electrons. The zero-order valence-electron chi connectivity index (χ0n) is 10.3. The van der Waals surface area contributed by atoms with Crippen molar-refractivity contribution in [3.63, 3.8) is 0 Å². The average molecular weight is 268 g/mol. The summed E-state index contributed by atoms with van der Waals surface area (Å²) in [6.07, 6.45) is 0.390. The molecule has 2 N–H and O–H groups in total. The topological polar surface area (TPSA) is 41.1 Å². The summed E-state index contributed by atoms with van der Waals surface area (Å²) in [5, 5.41) is 5.95. The van der Waals surface area contributed by atoms with Crippen molar-refractivity contribution in [1.82, 2.24) is 5.32 Å². The Morgan fingerprint density at radius 3 is 3.11 bits per heavy atom. The number of benzene rings is 1. The van der Waals surface area contributed by atoms with Gasteiger partial charge < -0.3 is 10.6 Å². The van der Waals surface area contributed by atoms with E-state index in [1.807, 2.05) is 11.8 Å². The van der Waals surface area contributed by atoms with Gasteiger partial charge in [-0.05, 0) is 18.6 Å². The standard InChI is InChI=1S/C13H17FN2OS/c1-9-3-2-4-11(14)13(9)16-12(17)7-10-8-18-6-5-15-10/h2-4,10,15H,5-8H2,1H3,(H,16,17). The minimum absolute atomic E-state index is 0.136. The summed E-state index contributed by atoms with van der Waals surface area (Å²) in [5.74, 6) is 1.51. The predicted molar refractivity (Wildman–Crippen MR) is 73.5 cm³/mol. The first-order valence-corrected chi connectivity index (χ1v) is 7.18. The van der Waals surface area contributed by atoms with Crippen LogP contribution in [0.3, 0.4) is 0 Å². The van der Waals surface area contributed by atoms with Crippen LogP contribution in [0.25, 0.3) is 0 Å². The molecule has 0 aliphatic carbocycles. The van der Waals surface area contributed by atoms with E-state index in [1.54, 1.807) is 19.1 Å². The maximum absolute atomic E-state index is 13.6. The molecule has 1 aromatic rings. The number of para-hydroxylation sites is 1. The van der Waals surface area contributed by atoms with Gasteiger partial charge in [0, 0.05) is 30.5 Å². The molecule has 0 bridgehead atoms. The second kappa shape index (κ2) is 6.20. The lowest BCUT2D eigenvalue weighted by atomic mass is 10.1. The number of anilines is 1. The second-order valence-corrected chi connectivity index (χ2v) is 5.56. The number of thioether (sulfide) groups is 1. The van der Waals surface area contributed by atoms with Crippen molar-refractivity contribution in [1.29, 1.82) is 0 Å². The molecule has 1 saturated heterocycles. The lowest BCUT2D eigenvalue weighted by Crippen LogP contribution is -2.40. The van der Waals surface area contributed by atoms with Gasteiger partial charge >= 0.3 is 0 Å². The molecule has 1 amide bonds. The minimum Gasteiger partial charge on any atom is -0.323 e. The highest BCUT2D eigenvalue weighted by Gasteiger charge is 2.17. The van der Waals surface area contributed by atoms with Gasteiger partial charge in [0.15, 0.2) is 0 Å². The number of hydrogen-bond donors (Lipinski definition) is 2. The molecule has 0 spiro atoms. The van der Waals surface area contributed by atoms with Crippen molar-refractivity contribution in [2.24, 2.45) is 0 Å². The third kappa shape index (κ3) is 3.46. The van der Waals surface area contributed by atoms with Gasteiger partial charge in [0.2, 0.25) is 5.91 Å². The summed E-state index contributed by atoms with van der Waals surface area (Å²) in [6, 6.07) is 4.97. The fourth-order valence-corrected chi connectivity index (χ4v) is 2.90. The molecular formula is C13H17FN2OS. The van der Waals surface area contributed by atoms with Gasteiger partial charge in [-0.25, -0.2) is 4.39 Å². The molecular weight excluding hydrogens is 251 g/mol. The van der Waals surface area contributed by atoms with E-state index in [-0.39, 0.29) is 17.8 Å². The Kier molecular flexibility index (Phi) is 4.60. The van der Waals surface area contributed by atoms with Crippen LogP contribution in [0.15, 0.2) is 18.2 Å². The molecule has 1 fully saturated rings. The summed E-state index contributed by atoms with van der Waals surface area (Å²) in [5.41, 5.74) is 1.04. The molecule has 1 atom stereocenters. The maximum Gasteiger partial charge on any atom is 0.226 e. The third-order valence-corrected chi connectivity index (χ3v) is 4.05. The molecule has 1 heterocycles. The van der Waals surface area contributed by atoms with E-state index >= 15 is 0 Å². The van der Waals surface area contributed by atoms with Crippen LogP contribution < -0.4 is 10.6 Å². The number of hydrogen-bond acceptors (Lipinski definition) is 3. The molecule has 1 aliphatic heterocycles. The van der Waals surface area contributed by atoms with Crippen LogP contribution in [0.1, 0.15) is 12.0 Å². The zero-order valence-corrected chi connectivity index (χ0v) is 11.1. The van der Waals surface area contributed by atoms with E-state index in [0.29, 0.717) is 12.1 Å². The molecule has 1 unspecified atom stereocenters. The zero-order chi connectivity index (χ0) is 13.0. The third-order valence-electron chi connectivity index (χ3n) is 2.92. The van der Waals surface area contributed by atoms with Crippen LogP contribution in [0, 0.1) is 12.7 Å². The number of halogens is 1. The highest BCUT2D eigenvalue weighted by molar-refractivity contribution is 7.99. The molecule has 2 rings (SSSR count). The van der Waals surface area contributed by atoms with E-state index in [0.717, 1.165) is 23.6 Å². The molecule has 0 radical (unpaired) electrons. The van der Waals surface area contributed by atoms with Gasteiger partial charge in [-0.15, -0.1) is 0 Å². The first kappa shape index (κ1) is 13.4. The molecule has 1 aliphatic rings. The molecule has 0 saturated carbocycles. The quantitative estimate of drug-likeness (QED) is 0.882. The van der Waals surface area contributed by atoms with Gasteiger partial charge in [-0.1, -0.05) is 12.1 Å². The fourth-order valence-electron chi connectivity index (χ4n) is 1.96. The highest BCUT2D eigenvalue weighted by Crippen LogP contribution is 2.19. The number of carbonyl (C=O) groups excluding carboxylic acids is 1. The highest BCUT2D eigenvalue weighted by atomic mass is 32.2. The maximum atomic E-state index is 13.6. The Balaban J connectivity index is 1.94. The SMILES string of the molecule is Cc1cccc(F)c1NC(=O)CC1CSCCN1. The van der Waals surface area contributed by atoms with Crippen molar-refractivity contribution >= 4 is 23.4 Å². The smallest absolute Gasteiger partial charge is 0.226 e. The van der Waals surface area contributed by atoms with E-state index < -0.39 is 0 Å². The Labute approximate surface area is 111 Å².